The molecule has 6 nitrogen and oxygen atoms in total. The maximum Gasteiger partial charge on any atom is 0.194 e. The number of rotatable bonds is 4. The lowest BCUT2D eigenvalue weighted by Gasteiger charge is -2.37. The lowest BCUT2D eigenvalue weighted by molar-refractivity contribution is -0.109. The number of carbonyl (C=O) groups excluding carboxylic acids is 1. The average molecular weight is 325 g/mol. The summed E-state index contributed by atoms with van der Waals surface area (Å²) in [5.74, 6) is 0.0350. The summed E-state index contributed by atoms with van der Waals surface area (Å²) in [5, 5.41) is 22.6. The number of nitrogens with zero attached hydrogens (tertiary/aromatic N) is 3. The third kappa shape index (κ3) is 3.01. The van der Waals surface area contributed by atoms with E-state index in [2.05, 4.69) is 9.88 Å². The molecule has 0 saturated carbocycles. The minimum atomic E-state index is 0.0175. The molecule has 2 aromatic heterocycles. The molecular formula is C13H15N3O3S2. The third-order valence-corrected chi connectivity index (χ3v) is 5.16. The van der Waals surface area contributed by atoms with Crippen LogP contribution in [0.5, 0.6) is 11.8 Å². The highest BCUT2D eigenvalue weighted by atomic mass is 32.2. The smallest absolute Gasteiger partial charge is 0.194 e. The minimum absolute atomic E-state index is 0.0175. The van der Waals surface area contributed by atoms with Gasteiger partial charge in [0.15, 0.2) is 22.0 Å². The summed E-state index contributed by atoms with van der Waals surface area (Å²) in [5.41, 5.74) is 0.791. The highest BCUT2D eigenvalue weighted by molar-refractivity contribution is 8.14. The Labute approximate surface area is 130 Å². The van der Waals surface area contributed by atoms with E-state index < -0.39 is 0 Å². The summed E-state index contributed by atoms with van der Waals surface area (Å²) in [6, 6.07) is 2.89. The zero-order chi connectivity index (χ0) is 15.0. The molecule has 8 heteroatoms. The molecule has 0 spiro atoms. The Morgan fingerprint density at radius 3 is 2.71 bits per heavy atom. The Hall–Kier alpha value is -1.67. The van der Waals surface area contributed by atoms with Gasteiger partial charge in [0, 0.05) is 42.8 Å². The number of anilines is 1. The van der Waals surface area contributed by atoms with Crippen LogP contribution >= 0.6 is 23.1 Å². The quantitative estimate of drug-likeness (QED) is 0.893. The normalized spacial score (nSPS) is 15.2. The van der Waals surface area contributed by atoms with Crippen molar-refractivity contribution in [1.29, 1.82) is 0 Å². The maximum absolute atomic E-state index is 11.0. The van der Waals surface area contributed by atoms with Gasteiger partial charge in [0.05, 0.1) is 12.2 Å². The van der Waals surface area contributed by atoms with Crippen molar-refractivity contribution in [3.63, 3.8) is 0 Å². The SMILES string of the molecule is CC(=O)SC1CN(c2nc(Cn3c(O)ccc3O)cs2)C1. The molecule has 1 fully saturated rings. The second-order valence-electron chi connectivity index (χ2n) is 4.89. The van der Waals surface area contributed by atoms with Gasteiger partial charge in [-0.1, -0.05) is 11.8 Å². The topological polar surface area (TPSA) is 78.6 Å². The molecule has 0 aliphatic carbocycles. The fourth-order valence-electron chi connectivity index (χ4n) is 2.19. The number of thioether (sulfide) groups is 1. The molecule has 21 heavy (non-hydrogen) atoms. The summed E-state index contributed by atoms with van der Waals surface area (Å²) in [6.07, 6.45) is 0. The van der Waals surface area contributed by atoms with E-state index in [0.717, 1.165) is 23.9 Å². The first-order valence-corrected chi connectivity index (χ1v) is 8.23. The van der Waals surface area contributed by atoms with E-state index in [0.29, 0.717) is 11.8 Å². The van der Waals surface area contributed by atoms with Crippen LogP contribution in [-0.4, -0.2) is 43.2 Å². The number of thiazole rings is 1. The van der Waals surface area contributed by atoms with Gasteiger partial charge < -0.3 is 15.1 Å². The Morgan fingerprint density at radius 1 is 1.43 bits per heavy atom. The first-order chi connectivity index (χ1) is 10.0. The number of hydrogen-bond donors (Lipinski definition) is 2. The van der Waals surface area contributed by atoms with Crippen molar-refractivity contribution in [2.75, 3.05) is 18.0 Å². The van der Waals surface area contributed by atoms with Crippen molar-refractivity contribution in [2.24, 2.45) is 0 Å². The van der Waals surface area contributed by atoms with Crippen LogP contribution in [0, 0.1) is 0 Å². The first kappa shape index (κ1) is 14.3. The lowest BCUT2D eigenvalue weighted by atomic mass is 10.2. The van der Waals surface area contributed by atoms with Crippen LogP contribution in [0.4, 0.5) is 5.13 Å². The molecule has 3 heterocycles. The zero-order valence-electron chi connectivity index (χ0n) is 11.4. The number of carbonyl (C=O) groups is 1. The summed E-state index contributed by atoms with van der Waals surface area (Å²) in [6.45, 7) is 3.58. The van der Waals surface area contributed by atoms with E-state index in [1.54, 1.807) is 6.92 Å². The van der Waals surface area contributed by atoms with Crippen molar-refractivity contribution in [1.82, 2.24) is 9.55 Å². The van der Waals surface area contributed by atoms with E-state index in [1.807, 2.05) is 5.38 Å². The van der Waals surface area contributed by atoms with Gasteiger partial charge in [0.2, 0.25) is 0 Å². The molecule has 1 saturated heterocycles. The fraction of sp³-hybridized carbons (Fsp3) is 0.385. The molecule has 0 atom stereocenters. The van der Waals surface area contributed by atoms with Gasteiger partial charge in [-0.05, 0) is 0 Å². The highest BCUT2D eigenvalue weighted by Gasteiger charge is 2.30. The molecule has 2 aromatic rings. The minimum Gasteiger partial charge on any atom is -0.494 e. The molecule has 112 valence electrons. The lowest BCUT2D eigenvalue weighted by Crippen LogP contribution is -2.49. The van der Waals surface area contributed by atoms with Crippen LogP contribution in [0.2, 0.25) is 0 Å². The van der Waals surface area contributed by atoms with Crippen LogP contribution in [-0.2, 0) is 11.3 Å². The molecule has 3 rings (SSSR count). The van der Waals surface area contributed by atoms with Crippen LogP contribution < -0.4 is 4.90 Å². The van der Waals surface area contributed by atoms with E-state index >= 15 is 0 Å². The largest absolute Gasteiger partial charge is 0.494 e. The second kappa shape index (κ2) is 5.61. The predicted octanol–water partition coefficient (Wildman–Crippen LogP) is 1.87. The monoisotopic (exact) mass is 325 g/mol. The fourth-order valence-corrected chi connectivity index (χ4v) is 4.00. The molecule has 0 bridgehead atoms. The van der Waals surface area contributed by atoms with Crippen molar-refractivity contribution in [3.8, 4) is 11.8 Å². The Balaban J connectivity index is 1.62. The highest BCUT2D eigenvalue weighted by Crippen LogP contribution is 2.31. The second-order valence-corrected chi connectivity index (χ2v) is 7.21. The number of hydrogen-bond acceptors (Lipinski definition) is 7. The molecule has 2 N–H and O–H groups in total. The molecule has 0 unspecified atom stereocenters. The Morgan fingerprint density at radius 2 is 2.10 bits per heavy atom. The van der Waals surface area contributed by atoms with E-state index in [-0.39, 0.29) is 16.9 Å². The summed E-state index contributed by atoms with van der Waals surface area (Å²) in [7, 11) is 0. The first-order valence-electron chi connectivity index (χ1n) is 6.47. The van der Waals surface area contributed by atoms with Crippen LogP contribution in [0.25, 0.3) is 0 Å². The molecule has 0 radical (unpaired) electrons. The number of aromatic hydroxyl groups is 2. The zero-order valence-corrected chi connectivity index (χ0v) is 13.0. The standard InChI is InChI=1S/C13H15N3O3S2/c1-8(17)21-10-5-15(6-10)13-14-9(7-20-13)4-16-11(18)2-3-12(16)19/h2-3,7,10,18-19H,4-6H2,1H3. The van der Waals surface area contributed by atoms with Gasteiger partial charge in [-0.15, -0.1) is 11.3 Å². The van der Waals surface area contributed by atoms with Crippen molar-refractivity contribution in [3.05, 3.63) is 23.2 Å². The van der Waals surface area contributed by atoms with Crippen LogP contribution in [0.15, 0.2) is 17.5 Å². The maximum atomic E-state index is 11.0. The molecule has 1 aliphatic heterocycles. The van der Waals surface area contributed by atoms with E-state index in [1.165, 1.54) is 39.8 Å². The van der Waals surface area contributed by atoms with E-state index in [9.17, 15) is 15.0 Å². The van der Waals surface area contributed by atoms with Gasteiger partial charge in [-0.25, -0.2) is 4.98 Å². The molecule has 0 aromatic carbocycles. The van der Waals surface area contributed by atoms with Crippen molar-refractivity contribution < 1.29 is 15.0 Å². The van der Waals surface area contributed by atoms with Crippen LogP contribution in [0.3, 0.4) is 0 Å². The van der Waals surface area contributed by atoms with Crippen molar-refractivity contribution >= 4 is 33.3 Å². The van der Waals surface area contributed by atoms with Gasteiger partial charge in [-0.3, -0.25) is 9.36 Å². The third-order valence-electron chi connectivity index (χ3n) is 3.25. The van der Waals surface area contributed by atoms with E-state index in [4.69, 9.17) is 0 Å². The molecule has 0 amide bonds. The summed E-state index contributed by atoms with van der Waals surface area (Å²) < 4.78 is 1.39. The van der Waals surface area contributed by atoms with Gasteiger partial charge in [0.1, 0.15) is 0 Å². The number of aromatic nitrogens is 2. The van der Waals surface area contributed by atoms with Crippen molar-refractivity contribution in [2.45, 2.75) is 18.7 Å². The Kier molecular flexibility index (Phi) is 3.81. The van der Waals surface area contributed by atoms with Crippen LogP contribution in [0.1, 0.15) is 12.6 Å². The Bertz CT molecular complexity index is 642. The predicted molar refractivity (Wildman–Crippen MR) is 83.3 cm³/mol. The van der Waals surface area contributed by atoms with Gasteiger partial charge >= 0.3 is 0 Å². The van der Waals surface area contributed by atoms with Gasteiger partial charge in [0.25, 0.3) is 0 Å². The molecular weight excluding hydrogens is 310 g/mol. The summed E-state index contributed by atoms with van der Waals surface area (Å²) >= 11 is 2.91. The molecule has 1 aliphatic rings. The summed E-state index contributed by atoms with van der Waals surface area (Å²) in [4.78, 5) is 17.7. The average Bonchev–Trinajstić information content (AvgIpc) is 2.95. The van der Waals surface area contributed by atoms with Gasteiger partial charge in [-0.2, -0.15) is 0 Å².